The quantitative estimate of drug-likeness (QED) is 0.699. The van der Waals surface area contributed by atoms with E-state index in [0.717, 1.165) is 25.7 Å². The van der Waals surface area contributed by atoms with Gasteiger partial charge in [-0.05, 0) is 50.7 Å². The van der Waals surface area contributed by atoms with Gasteiger partial charge in [0.15, 0.2) is 12.0 Å². The zero-order valence-corrected chi connectivity index (χ0v) is 18.0. The molecule has 3 amide bonds. The molecular weight excluding hydrogens is 388 g/mol. The third-order valence-electron chi connectivity index (χ3n) is 6.85. The molecule has 3 heterocycles. The van der Waals surface area contributed by atoms with Crippen LogP contribution in [0.1, 0.15) is 39.5 Å². The van der Waals surface area contributed by atoms with Gasteiger partial charge in [0.2, 0.25) is 5.91 Å². The van der Waals surface area contributed by atoms with Crippen LogP contribution in [0.5, 0.6) is 0 Å². The SMILES string of the molecule is COC[C@H]1O[C@@H](N2C(=O)N(C)C(=O)[C@@H]3C=C4CCCCC4=C[C@@H]32)[C@@H]2OC(C)(C)O[C@@H]21. The lowest BCUT2D eigenvalue weighted by Gasteiger charge is -2.47. The van der Waals surface area contributed by atoms with Gasteiger partial charge in [0, 0.05) is 14.2 Å². The number of carbonyl (C=O) groups is 2. The Kier molecular flexibility index (Phi) is 4.81. The number of imide groups is 1. The fourth-order valence-electron chi connectivity index (χ4n) is 5.51. The molecule has 0 bridgehead atoms. The first kappa shape index (κ1) is 20.2. The van der Waals surface area contributed by atoms with Crippen LogP contribution in [0, 0.1) is 5.92 Å². The molecule has 0 aromatic carbocycles. The number of methoxy groups -OCH3 is 1. The van der Waals surface area contributed by atoms with E-state index in [2.05, 4.69) is 12.2 Å². The largest absolute Gasteiger partial charge is 0.382 e. The van der Waals surface area contributed by atoms with Gasteiger partial charge >= 0.3 is 6.03 Å². The lowest BCUT2D eigenvalue weighted by Crippen LogP contribution is -2.65. The number of urea groups is 1. The Morgan fingerprint density at radius 1 is 1.10 bits per heavy atom. The minimum atomic E-state index is -0.773. The van der Waals surface area contributed by atoms with Crippen LogP contribution in [0.25, 0.3) is 0 Å². The first-order valence-electron chi connectivity index (χ1n) is 10.8. The zero-order chi connectivity index (χ0) is 21.2. The highest BCUT2D eigenvalue weighted by molar-refractivity contribution is 6.00. The molecule has 8 nitrogen and oxygen atoms in total. The average molecular weight is 418 g/mol. The summed E-state index contributed by atoms with van der Waals surface area (Å²) >= 11 is 0. The van der Waals surface area contributed by atoms with Crippen molar-refractivity contribution in [2.75, 3.05) is 20.8 Å². The molecule has 3 aliphatic heterocycles. The van der Waals surface area contributed by atoms with E-state index >= 15 is 0 Å². The van der Waals surface area contributed by atoms with E-state index in [-0.39, 0.29) is 30.2 Å². The first-order chi connectivity index (χ1) is 14.3. The van der Waals surface area contributed by atoms with Crippen molar-refractivity contribution in [1.29, 1.82) is 0 Å². The number of rotatable bonds is 3. The minimum absolute atomic E-state index is 0.165. The molecule has 0 aromatic rings. The molecule has 4 fully saturated rings. The van der Waals surface area contributed by atoms with Gasteiger partial charge in [-0.2, -0.15) is 0 Å². The molecule has 3 saturated heterocycles. The second-order valence-electron chi connectivity index (χ2n) is 9.28. The van der Waals surface area contributed by atoms with Crippen LogP contribution in [-0.2, 0) is 23.7 Å². The van der Waals surface area contributed by atoms with Gasteiger partial charge in [0.25, 0.3) is 0 Å². The van der Waals surface area contributed by atoms with Crippen LogP contribution in [-0.4, -0.2) is 78.9 Å². The van der Waals surface area contributed by atoms with Crippen molar-refractivity contribution >= 4 is 11.9 Å². The van der Waals surface area contributed by atoms with Gasteiger partial charge in [0.05, 0.1) is 18.6 Å². The number of ether oxygens (including phenoxy) is 4. The summed E-state index contributed by atoms with van der Waals surface area (Å²) in [4.78, 5) is 29.2. The van der Waals surface area contributed by atoms with Crippen LogP contribution < -0.4 is 0 Å². The highest BCUT2D eigenvalue weighted by Crippen LogP contribution is 2.44. The van der Waals surface area contributed by atoms with Crippen LogP contribution >= 0.6 is 0 Å². The lowest BCUT2D eigenvalue weighted by molar-refractivity contribution is -0.210. The summed E-state index contributed by atoms with van der Waals surface area (Å²) < 4.78 is 23.9. The molecule has 0 aromatic heterocycles. The Morgan fingerprint density at radius 2 is 1.77 bits per heavy atom. The van der Waals surface area contributed by atoms with Crippen molar-refractivity contribution in [3.63, 3.8) is 0 Å². The Labute approximate surface area is 176 Å². The molecule has 0 spiro atoms. The zero-order valence-electron chi connectivity index (χ0n) is 18.0. The number of amides is 3. The molecule has 1 saturated carbocycles. The van der Waals surface area contributed by atoms with Crippen molar-refractivity contribution in [2.24, 2.45) is 5.92 Å². The maximum absolute atomic E-state index is 13.3. The standard InChI is InChI=1S/C22H30N2O6/c1-22(2)29-17-16(11-27-4)28-20(18(17)30-22)24-15-10-13-8-6-5-7-12(13)9-14(15)19(25)23(3)21(24)26/h9-10,14-18,20H,5-8,11H2,1-4H3/t14-,15+,16-,17-,18-,20-/m1/s1. The van der Waals surface area contributed by atoms with E-state index in [9.17, 15) is 9.59 Å². The third-order valence-corrected chi connectivity index (χ3v) is 6.85. The van der Waals surface area contributed by atoms with Crippen LogP contribution in [0.4, 0.5) is 4.79 Å². The van der Waals surface area contributed by atoms with E-state index in [4.69, 9.17) is 18.9 Å². The average Bonchev–Trinajstić information content (AvgIpc) is 3.20. The Morgan fingerprint density at radius 3 is 2.47 bits per heavy atom. The molecule has 8 heteroatoms. The van der Waals surface area contributed by atoms with Crippen LogP contribution in [0.2, 0.25) is 0 Å². The van der Waals surface area contributed by atoms with E-state index < -0.39 is 24.0 Å². The first-order valence-corrected chi connectivity index (χ1v) is 10.8. The van der Waals surface area contributed by atoms with Crippen LogP contribution in [0.15, 0.2) is 23.3 Å². The minimum Gasteiger partial charge on any atom is -0.382 e. The number of allylic oxidation sites excluding steroid dienone is 2. The van der Waals surface area contributed by atoms with Gasteiger partial charge in [-0.15, -0.1) is 0 Å². The highest BCUT2D eigenvalue weighted by atomic mass is 16.8. The van der Waals surface area contributed by atoms with Crippen molar-refractivity contribution in [3.05, 3.63) is 23.3 Å². The summed E-state index contributed by atoms with van der Waals surface area (Å²) in [5.41, 5.74) is 2.51. The highest BCUT2D eigenvalue weighted by Gasteiger charge is 2.60. The van der Waals surface area contributed by atoms with Crippen molar-refractivity contribution in [3.8, 4) is 0 Å². The summed E-state index contributed by atoms with van der Waals surface area (Å²) in [6, 6.07) is -0.738. The predicted octanol–water partition coefficient (Wildman–Crippen LogP) is 2.20. The van der Waals surface area contributed by atoms with Crippen molar-refractivity contribution in [2.45, 2.75) is 75.9 Å². The summed E-state index contributed by atoms with van der Waals surface area (Å²) in [6.45, 7) is 4.07. The topological polar surface area (TPSA) is 77.5 Å². The monoisotopic (exact) mass is 418 g/mol. The maximum Gasteiger partial charge on any atom is 0.329 e. The summed E-state index contributed by atoms with van der Waals surface area (Å²) in [5.74, 6) is -1.34. The van der Waals surface area contributed by atoms with Gasteiger partial charge < -0.3 is 18.9 Å². The summed E-state index contributed by atoms with van der Waals surface area (Å²) in [5, 5.41) is 0. The molecule has 0 radical (unpaired) electrons. The molecular formula is C22H30N2O6. The fourth-order valence-corrected chi connectivity index (χ4v) is 5.51. The second-order valence-corrected chi connectivity index (χ2v) is 9.28. The molecule has 0 N–H and O–H groups in total. The second kappa shape index (κ2) is 7.15. The number of hydrogen-bond donors (Lipinski definition) is 0. The smallest absolute Gasteiger partial charge is 0.329 e. The Bertz CT molecular complexity index is 820. The summed E-state index contributed by atoms with van der Waals surface area (Å²) in [6.07, 6.45) is 6.66. The maximum atomic E-state index is 13.3. The number of nitrogens with zero attached hydrogens (tertiary/aromatic N) is 2. The number of fused-ring (bicyclic) bond motifs is 3. The van der Waals surface area contributed by atoms with E-state index in [1.165, 1.54) is 16.0 Å². The molecule has 5 rings (SSSR count). The Balaban J connectivity index is 1.52. The van der Waals surface area contributed by atoms with Crippen molar-refractivity contribution in [1.82, 2.24) is 9.80 Å². The molecule has 0 unspecified atom stereocenters. The van der Waals surface area contributed by atoms with Gasteiger partial charge in [0.1, 0.15) is 18.3 Å². The van der Waals surface area contributed by atoms with E-state index in [0.29, 0.717) is 6.61 Å². The lowest BCUT2D eigenvalue weighted by atomic mass is 9.78. The number of hydrogen-bond acceptors (Lipinski definition) is 6. The predicted molar refractivity (Wildman–Crippen MR) is 106 cm³/mol. The molecule has 2 aliphatic carbocycles. The molecule has 164 valence electrons. The van der Waals surface area contributed by atoms with Crippen LogP contribution in [0.3, 0.4) is 0 Å². The van der Waals surface area contributed by atoms with Gasteiger partial charge in [-0.3, -0.25) is 14.6 Å². The molecule has 30 heavy (non-hydrogen) atoms. The fraction of sp³-hybridized carbons (Fsp3) is 0.727. The summed E-state index contributed by atoms with van der Waals surface area (Å²) in [7, 11) is 3.16. The Hall–Kier alpha value is -1.74. The van der Waals surface area contributed by atoms with Gasteiger partial charge in [-0.25, -0.2) is 4.79 Å². The van der Waals surface area contributed by atoms with Gasteiger partial charge in [-0.1, -0.05) is 12.2 Å². The number of carbonyl (C=O) groups excluding carboxylic acids is 2. The molecule has 6 atom stereocenters. The van der Waals surface area contributed by atoms with E-state index in [1.807, 2.05) is 13.8 Å². The normalized spacial score (nSPS) is 40.0. The van der Waals surface area contributed by atoms with Crippen molar-refractivity contribution < 1.29 is 28.5 Å². The third kappa shape index (κ3) is 3.04. The van der Waals surface area contributed by atoms with E-state index in [1.54, 1.807) is 19.1 Å². The molecule has 5 aliphatic rings.